The summed E-state index contributed by atoms with van der Waals surface area (Å²) in [6.07, 6.45) is 1.42. The number of rotatable bonds is 5. The maximum Gasteiger partial charge on any atom is 0.322 e. The van der Waals surface area contributed by atoms with E-state index >= 15 is 0 Å². The predicted octanol–water partition coefficient (Wildman–Crippen LogP) is 2.87. The van der Waals surface area contributed by atoms with Crippen LogP contribution >= 0.6 is 0 Å². The highest BCUT2D eigenvalue weighted by Crippen LogP contribution is 2.26. The highest BCUT2D eigenvalue weighted by Gasteiger charge is 2.22. The minimum Gasteiger partial charge on any atom is -0.421 e. The number of benzene rings is 1. The Morgan fingerprint density at radius 3 is 2.26 bits per heavy atom. The van der Waals surface area contributed by atoms with Crippen LogP contribution in [0.3, 0.4) is 0 Å². The molecule has 142 valence electrons. The molecule has 3 aromatic rings. The molecule has 2 aromatic heterocycles. The number of para-hydroxylation sites is 1. The fourth-order valence-corrected chi connectivity index (χ4v) is 3.57. The van der Waals surface area contributed by atoms with E-state index in [1.807, 2.05) is 0 Å². The molecule has 2 heterocycles. The molecule has 0 saturated carbocycles. The standard InChI is InChI=1S/C17H18FN5O3S/c1-10-16(22-27(24,25)15-9-23(4)12(3)21-15)11(2)20-17(19-10)26-14-8-6-5-7-13(14)18/h5-9,22H,1-4H3. The molecule has 0 aliphatic rings. The molecule has 0 aliphatic heterocycles. The van der Waals surface area contributed by atoms with Crippen molar-refractivity contribution in [2.75, 3.05) is 4.72 Å². The lowest BCUT2D eigenvalue weighted by atomic mass is 10.3. The number of imidazole rings is 1. The number of anilines is 1. The van der Waals surface area contributed by atoms with Gasteiger partial charge in [0, 0.05) is 13.2 Å². The van der Waals surface area contributed by atoms with E-state index in [0.717, 1.165) is 0 Å². The minimum absolute atomic E-state index is 0.0198. The van der Waals surface area contributed by atoms with Gasteiger partial charge in [0.2, 0.25) is 0 Å². The van der Waals surface area contributed by atoms with Crippen molar-refractivity contribution in [1.82, 2.24) is 19.5 Å². The Morgan fingerprint density at radius 2 is 1.70 bits per heavy atom. The molecule has 0 spiro atoms. The molecular weight excluding hydrogens is 373 g/mol. The van der Waals surface area contributed by atoms with E-state index in [4.69, 9.17) is 4.74 Å². The Kier molecular flexibility index (Phi) is 4.83. The maximum atomic E-state index is 13.7. The van der Waals surface area contributed by atoms with Gasteiger partial charge < -0.3 is 9.30 Å². The van der Waals surface area contributed by atoms with Crippen molar-refractivity contribution in [1.29, 1.82) is 0 Å². The Bertz CT molecular complexity index is 1070. The SMILES string of the molecule is Cc1nc(Oc2ccccc2F)nc(C)c1NS(=O)(=O)c1cn(C)c(C)n1. The van der Waals surface area contributed by atoms with Crippen LogP contribution in [0, 0.1) is 26.6 Å². The number of hydrogen-bond acceptors (Lipinski definition) is 6. The molecule has 0 bridgehead atoms. The second kappa shape index (κ2) is 6.95. The van der Waals surface area contributed by atoms with Gasteiger partial charge in [0.25, 0.3) is 10.0 Å². The van der Waals surface area contributed by atoms with E-state index in [0.29, 0.717) is 17.2 Å². The van der Waals surface area contributed by atoms with Gasteiger partial charge in [0.15, 0.2) is 16.6 Å². The van der Waals surface area contributed by atoms with Crippen molar-refractivity contribution in [3.05, 3.63) is 53.5 Å². The molecule has 0 amide bonds. The third kappa shape index (κ3) is 3.90. The number of nitrogens with one attached hydrogen (secondary N) is 1. The van der Waals surface area contributed by atoms with Crippen LogP contribution in [0.2, 0.25) is 0 Å². The van der Waals surface area contributed by atoms with Crippen LogP contribution in [-0.4, -0.2) is 27.9 Å². The summed E-state index contributed by atoms with van der Waals surface area (Å²) in [5, 5.41) is -0.104. The Labute approximate surface area is 156 Å². The summed E-state index contributed by atoms with van der Waals surface area (Å²) in [7, 11) is -2.20. The highest BCUT2D eigenvalue weighted by atomic mass is 32.2. The van der Waals surface area contributed by atoms with Crippen LogP contribution in [0.1, 0.15) is 17.2 Å². The quantitative estimate of drug-likeness (QED) is 0.718. The molecular formula is C17H18FN5O3S. The molecule has 0 atom stereocenters. The zero-order valence-electron chi connectivity index (χ0n) is 15.2. The molecule has 0 saturated heterocycles. The zero-order valence-corrected chi connectivity index (χ0v) is 16.0. The zero-order chi connectivity index (χ0) is 19.8. The Morgan fingerprint density at radius 1 is 1.07 bits per heavy atom. The van der Waals surface area contributed by atoms with Crippen molar-refractivity contribution in [2.24, 2.45) is 7.05 Å². The smallest absolute Gasteiger partial charge is 0.322 e. The molecule has 10 heteroatoms. The Balaban J connectivity index is 1.90. The molecule has 3 rings (SSSR count). The third-order valence-corrected chi connectivity index (χ3v) is 5.11. The summed E-state index contributed by atoms with van der Waals surface area (Å²) < 4.78 is 48.3. The molecule has 0 radical (unpaired) electrons. The largest absolute Gasteiger partial charge is 0.421 e. The normalized spacial score (nSPS) is 11.4. The number of aryl methyl sites for hydroxylation is 4. The molecule has 1 aromatic carbocycles. The van der Waals surface area contributed by atoms with Crippen molar-refractivity contribution in [3.8, 4) is 11.8 Å². The molecule has 1 N–H and O–H groups in total. The topological polar surface area (TPSA) is 99.0 Å². The fraction of sp³-hybridized carbons (Fsp3) is 0.235. The fourth-order valence-electron chi connectivity index (χ4n) is 2.35. The number of halogens is 1. The molecule has 0 unspecified atom stereocenters. The predicted molar refractivity (Wildman–Crippen MR) is 96.7 cm³/mol. The lowest BCUT2D eigenvalue weighted by molar-refractivity contribution is 0.409. The second-order valence-electron chi connectivity index (χ2n) is 5.93. The van der Waals surface area contributed by atoms with E-state index < -0.39 is 15.8 Å². The monoisotopic (exact) mass is 391 g/mol. The first-order valence-electron chi connectivity index (χ1n) is 7.98. The lowest BCUT2D eigenvalue weighted by Gasteiger charge is -2.13. The van der Waals surface area contributed by atoms with E-state index in [1.165, 1.54) is 24.4 Å². The van der Waals surface area contributed by atoms with Gasteiger partial charge in [0.05, 0.1) is 17.1 Å². The van der Waals surface area contributed by atoms with Crippen LogP contribution in [0.5, 0.6) is 11.8 Å². The van der Waals surface area contributed by atoms with Crippen molar-refractivity contribution in [2.45, 2.75) is 25.8 Å². The summed E-state index contributed by atoms with van der Waals surface area (Å²) in [4.78, 5) is 12.3. The average Bonchev–Trinajstić information content (AvgIpc) is 2.93. The Hall–Kier alpha value is -3.01. The molecule has 8 nitrogen and oxygen atoms in total. The first-order chi connectivity index (χ1) is 12.7. The van der Waals surface area contributed by atoms with Crippen LogP contribution in [-0.2, 0) is 17.1 Å². The maximum absolute atomic E-state index is 13.7. The van der Waals surface area contributed by atoms with Gasteiger partial charge in [-0.05, 0) is 32.9 Å². The number of ether oxygens (including phenoxy) is 1. The van der Waals surface area contributed by atoms with Gasteiger partial charge >= 0.3 is 6.01 Å². The van der Waals surface area contributed by atoms with Crippen LogP contribution in [0.4, 0.5) is 10.1 Å². The summed E-state index contributed by atoms with van der Waals surface area (Å²) in [5.74, 6) is -0.00555. The number of sulfonamides is 1. The average molecular weight is 391 g/mol. The van der Waals surface area contributed by atoms with Gasteiger partial charge in [-0.1, -0.05) is 12.1 Å². The van der Waals surface area contributed by atoms with Gasteiger partial charge in [-0.3, -0.25) is 4.72 Å². The minimum atomic E-state index is -3.90. The van der Waals surface area contributed by atoms with E-state index in [1.54, 1.807) is 38.5 Å². The highest BCUT2D eigenvalue weighted by molar-refractivity contribution is 7.92. The van der Waals surface area contributed by atoms with Crippen molar-refractivity contribution >= 4 is 15.7 Å². The van der Waals surface area contributed by atoms with Crippen LogP contribution in [0.15, 0.2) is 35.5 Å². The van der Waals surface area contributed by atoms with Gasteiger partial charge in [-0.15, -0.1) is 0 Å². The lowest BCUT2D eigenvalue weighted by Crippen LogP contribution is -2.16. The molecule has 0 aliphatic carbocycles. The third-order valence-electron chi connectivity index (χ3n) is 3.89. The summed E-state index contributed by atoms with van der Waals surface area (Å²) in [6, 6.07) is 5.79. The number of nitrogens with zero attached hydrogens (tertiary/aromatic N) is 4. The number of aromatic nitrogens is 4. The summed E-state index contributed by atoms with van der Waals surface area (Å²) in [5.41, 5.74) is 0.898. The summed E-state index contributed by atoms with van der Waals surface area (Å²) in [6.45, 7) is 4.91. The van der Waals surface area contributed by atoms with Crippen LogP contribution in [0.25, 0.3) is 0 Å². The first-order valence-corrected chi connectivity index (χ1v) is 9.46. The van der Waals surface area contributed by atoms with Crippen LogP contribution < -0.4 is 9.46 Å². The first kappa shape index (κ1) is 18.8. The second-order valence-corrected chi connectivity index (χ2v) is 7.56. The van der Waals surface area contributed by atoms with Crippen molar-refractivity contribution in [3.63, 3.8) is 0 Å². The molecule has 27 heavy (non-hydrogen) atoms. The molecule has 0 fully saturated rings. The van der Waals surface area contributed by atoms with Crippen molar-refractivity contribution < 1.29 is 17.5 Å². The van der Waals surface area contributed by atoms with E-state index in [2.05, 4.69) is 19.7 Å². The van der Waals surface area contributed by atoms with E-state index in [9.17, 15) is 12.8 Å². The van der Waals surface area contributed by atoms with Gasteiger partial charge in [0.1, 0.15) is 5.82 Å². The van der Waals surface area contributed by atoms with Gasteiger partial charge in [-0.2, -0.15) is 18.4 Å². The number of hydrogen-bond donors (Lipinski definition) is 1. The summed E-state index contributed by atoms with van der Waals surface area (Å²) >= 11 is 0. The van der Waals surface area contributed by atoms with E-state index in [-0.39, 0.29) is 22.5 Å². The van der Waals surface area contributed by atoms with Gasteiger partial charge in [-0.25, -0.2) is 9.37 Å².